The van der Waals surface area contributed by atoms with E-state index in [2.05, 4.69) is 21.2 Å². The van der Waals surface area contributed by atoms with Gasteiger partial charge in [0, 0.05) is 23.5 Å². The molecular formula is C29H30BrFN2O3. The van der Waals surface area contributed by atoms with E-state index in [1.165, 1.54) is 12.1 Å². The Labute approximate surface area is 219 Å². The van der Waals surface area contributed by atoms with E-state index in [0.717, 1.165) is 41.3 Å². The molecule has 1 aliphatic rings. The molecule has 1 saturated carbocycles. The third kappa shape index (κ3) is 7.40. The molecule has 0 aliphatic heterocycles. The van der Waals surface area contributed by atoms with Crippen LogP contribution in [0, 0.1) is 5.82 Å². The van der Waals surface area contributed by atoms with Gasteiger partial charge in [0.05, 0.1) is 0 Å². The Morgan fingerprint density at radius 1 is 0.944 bits per heavy atom. The molecule has 2 amide bonds. The van der Waals surface area contributed by atoms with Crippen LogP contribution in [0.1, 0.15) is 36.8 Å². The Hall–Kier alpha value is -3.19. The number of rotatable bonds is 10. The van der Waals surface area contributed by atoms with E-state index in [1.807, 2.05) is 42.5 Å². The van der Waals surface area contributed by atoms with Gasteiger partial charge in [0.25, 0.3) is 5.91 Å². The van der Waals surface area contributed by atoms with Crippen molar-refractivity contribution in [1.82, 2.24) is 10.2 Å². The molecule has 0 unspecified atom stereocenters. The molecule has 1 N–H and O–H groups in total. The summed E-state index contributed by atoms with van der Waals surface area (Å²) in [6.07, 6.45) is 4.44. The van der Waals surface area contributed by atoms with Crippen LogP contribution in [-0.4, -0.2) is 35.4 Å². The van der Waals surface area contributed by atoms with Crippen LogP contribution in [0.2, 0.25) is 0 Å². The van der Waals surface area contributed by atoms with Crippen molar-refractivity contribution in [2.45, 2.75) is 50.7 Å². The summed E-state index contributed by atoms with van der Waals surface area (Å²) in [5.74, 6) is -0.284. The first-order valence-corrected chi connectivity index (χ1v) is 13.0. The van der Waals surface area contributed by atoms with Crippen molar-refractivity contribution in [3.8, 4) is 5.75 Å². The summed E-state index contributed by atoms with van der Waals surface area (Å²) in [5, 5.41) is 3.17. The first-order chi connectivity index (χ1) is 17.5. The summed E-state index contributed by atoms with van der Waals surface area (Å²) >= 11 is 3.39. The number of benzene rings is 3. The zero-order valence-corrected chi connectivity index (χ0v) is 21.6. The van der Waals surface area contributed by atoms with Crippen molar-refractivity contribution in [3.63, 3.8) is 0 Å². The fraction of sp³-hybridized carbons (Fsp3) is 0.310. The average Bonchev–Trinajstić information content (AvgIpc) is 3.40. The number of hydrogen-bond acceptors (Lipinski definition) is 3. The number of halogens is 2. The average molecular weight is 553 g/mol. The van der Waals surface area contributed by atoms with E-state index in [0.29, 0.717) is 12.2 Å². The topological polar surface area (TPSA) is 58.6 Å². The highest BCUT2D eigenvalue weighted by molar-refractivity contribution is 9.10. The Morgan fingerprint density at radius 3 is 2.28 bits per heavy atom. The molecule has 1 aliphatic carbocycles. The SMILES string of the molecule is O=C(NC1CCCC1)[C@H](Cc1ccccc1)N(Cc1ccc(F)cc1)C(=O)COc1ccc(Br)cc1. The van der Waals surface area contributed by atoms with Crippen molar-refractivity contribution in [2.24, 2.45) is 0 Å². The molecule has 0 heterocycles. The number of nitrogens with zero attached hydrogens (tertiary/aromatic N) is 1. The molecule has 36 heavy (non-hydrogen) atoms. The zero-order chi connectivity index (χ0) is 25.3. The first-order valence-electron chi connectivity index (χ1n) is 12.2. The summed E-state index contributed by atoms with van der Waals surface area (Å²) in [7, 11) is 0. The Kier molecular flexibility index (Phi) is 9.11. The molecule has 0 radical (unpaired) electrons. The highest BCUT2D eigenvalue weighted by Crippen LogP contribution is 2.21. The highest BCUT2D eigenvalue weighted by atomic mass is 79.9. The van der Waals surface area contributed by atoms with Gasteiger partial charge in [-0.15, -0.1) is 0 Å². The minimum atomic E-state index is -0.737. The van der Waals surface area contributed by atoms with Crippen LogP contribution in [0.5, 0.6) is 5.75 Å². The first kappa shape index (κ1) is 25.9. The van der Waals surface area contributed by atoms with E-state index in [-0.39, 0.29) is 36.8 Å². The normalized spacial score (nSPS) is 14.3. The lowest BCUT2D eigenvalue weighted by Gasteiger charge is -2.32. The van der Waals surface area contributed by atoms with E-state index in [1.54, 1.807) is 29.2 Å². The van der Waals surface area contributed by atoms with E-state index < -0.39 is 6.04 Å². The third-order valence-corrected chi connectivity index (χ3v) is 6.94. The molecule has 4 rings (SSSR count). The second-order valence-electron chi connectivity index (χ2n) is 9.09. The van der Waals surface area contributed by atoms with Gasteiger partial charge in [0.15, 0.2) is 6.61 Å². The van der Waals surface area contributed by atoms with Crippen LogP contribution in [0.3, 0.4) is 0 Å². The number of hydrogen-bond donors (Lipinski definition) is 1. The highest BCUT2D eigenvalue weighted by Gasteiger charge is 2.32. The number of nitrogens with one attached hydrogen (secondary N) is 1. The molecule has 3 aromatic carbocycles. The molecule has 188 valence electrons. The van der Waals surface area contributed by atoms with Gasteiger partial charge < -0.3 is 15.0 Å². The van der Waals surface area contributed by atoms with Gasteiger partial charge >= 0.3 is 0 Å². The van der Waals surface area contributed by atoms with Gasteiger partial charge in [0.1, 0.15) is 17.6 Å². The molecule has 5 nitrogen and oxygen atoms in total. The number of carbonyl (C=O) groups excluding carboxylic acids is 2. The summed E-state index contributed by atoms with van der Waals surface area (Å²) in [5.41, 5.74) is 1.69. The van der Waals surface area contributed by atoms with Gasteiger partial charge in [-0.2, -0.15) is 0 Å². The fourth-order valence-electron chi connectivity index (χ4n) is 4.47. The fourth-order valence-corrected chi connectivity index (χ4v) is 4.73. The molecule has 0 spiro atoms. The molecule has 0 aromatic heterocycles. The predicted molar refractivity (Wildman–Crippen MR) is 141 cm³/mol. The smallest absolute Gasteiger partial charge is 0.261 e. The summed E-state index contributed by atoms with van der Waals surface area (Å²) in [6, 6.07) is 22.3. The standard InChI is InChI=1S/C29H30BrFN2O3/c30-23-12-16-26(17-13-23)36-20-28(34)33(19-22-10-14-24(31)15-11-22)27(18-21-6-2-1-3-7-21)29(35)32-25-8-4-5-9-25/h1-3,6-7,10-17,25,27H,4-5,8-9,18-20H2,(H,32,35)/t27-/m0/s1. The Bertz CT molecular complexity index is 1130. The van der Waals surface area contributed by atoms with Crippen molar-refractivity contribution < 1.29 is 18.7 Å². The number of amides is 2. The molecular weight excluding hydrogens is 523 g/mol. The monoisotopic (exact) mass is 552 g/mol. The van der Waals surface area contributed by atoms with Crippen LogP contribution < -0.4 is 10.1 Å². The quantitative estimate of drug-likeness (QED) is 0.352. The van der Waals surface area contributed by atoms with Gasteiger partial charge in [-0.25, -0.2) is 4.39 Å². The van der Waals surface area contributed by atoms with E-state index >= 15 is 0 Å². The van der Waals surface area contributed by atoms with E-state index in [4.69, 9.17) is 4.74 Å². The van der Waals surface area contributed by atoms with Gasteiger partial charge in [-0.1, -0.05) is 71.2 Å². The number of carbonyl (C=O) groups is 2. The lowest BCUT2D eigenvalue weighted by molar-refractivity contribution is -0.143. The Balaban J connectivity index is 1.59. The lowest BCUT2D eigenvalue weighted by atomic mass is 10.0. The van der Waals surface area contributed by atoms with E-state index in [9.17, 15) is 14.0 Å². The van der Waals surface area contributed by atoms with Gasteiger partial charge in [0.2, 0.25) is 5.91 Å². The summed E-state index contributed by atoms with van der Waals surface area (Å²) in [4.78, 5) is 28.7. The van der Waals surface area contributed by atoms with Crippen molar-refractivity contribution in [3.05, 3.63) is 100 Å². The van der Waals surface area contributed by atoms with Crippen LogP contribution in [0.25, 0.3) is 0 Å². The summed E-state index contributed by atoms with van der Waals surface area (Å²) in [6.45, 7) is -0.0524. The van der Waals surface area contributed by atoms with Crippen molar-refractivity contribution in [1.29, 1.82) is 0 Å². The largest absolute Gasteiger partial charge is 0.484 e. The minimum Gasteiger partial charge on any atom is -0.484 e. The maximum absolute atomic E-state index is 13.6. The third-order valence-electron chi connectivity index (χ3n) is 6.41. The van der Waals surface area contributed by atoms with Crippen molar-refractivity contribution >= 4 is 27.7 Å². The molecule has 7 heteroatoms. The van der Waals surface area contributed by atoms with Gasteiger partial charge in [-0.3, -0.25) is 9.59 Å². The van der Waals surface area contributed by atoms with Crippen LogP contribution in [0.4, 0.5) is 4.39 Å². The van der Waals surface area contributed by atoms with Gasteiger partial charge in [-0.05, 0) is 60.4 Å². The lowest BCUT2D eigenvalue weighted by Crippen LogP contribution is -2.53. The maximum atomic E-state index is 13.6. The Morgan fingerprint density at radius 2 is 1.61 bits per heavy atom. The zero-order valence-electron chi connectivity index (χ0n) is 20.0. The molecule has 1 fully saturated rings. The molecule has 3 aromatic rings. The van der Waals surface area contributed by atoms with Crippen LogP contribution in [-0.2, 0) is 22.6 Å². The molecule has 0 bridgehead atoms. The second kappa shape index (κ2) is 12.7. The van der Waals surface area contributed by atoms with Crippen LogP contribution in [0.15, 0.2) is 83.3 Å². The van der Waals surface area contributed by atoms with Crippen molar-refractivity contribution in [2.75, 3.05) is 6.61 Å². The predicted octanol–water partition coefficient (Wildman–Crippen LogP) is 5.67. The maximum Gasteiger partial charge on any atom is 0.261 e. The molecule has 0 saturated heterocycles. The summed E-state index contributed by atoms with van der Waals surface area (Å²) < 4.78 is 20.2. The van der Waals surface area contributed by atoms with Crippen LogP contribution >= 0.6 is 15.9 Å². The number of ether oxygens (including phenoxy) is 1. The minimum absolute atomic E-state index is 0.123. The second-order valence-corrected chi connectivity index (χ2v) is 10.0. The molecule has 1 atom stereocenters.